The average molecular weight is 274 g/mol. The molecule has 0 aliphatic heterocycles. The van der Waals surface area contributed by atoms with Gasteiger partial charge < -0.3 is 9.84 Å². The van der Waals surface area contributed by atoms with E-state index >= 15 is 0 Å². The SMILES string of the molecule is CC(C)(C(=O)O)n1cc(OCCc2ccccc2)cn1. The summed E-state index contributed by atoms with van der Waals surface area (Å²) >= 11 is 0. The number of aliphatic carboxylic acids is 1. The van der Waals surface area contributed by atoms with Gasteiger partial charge in [-0.3, -0.25) is 4.68 Å². The zero-order valence-corrected chi connectivity index (χ0v) is 11.6. The molecule has 2 rings (SSSR count). The van der Waals surface area contributed by atoms with Crippen LogP contribution in [0.2, 0.25) is 0 Å². The van der Waals surface area contributed by atoms with Crippen molar-refractivity contribution in [2.45, 2.75) is 25.8 Å². The third kappa shape index (κ3) is 3.17. The predicted octanol–water partition coefficient (Wildman–Crippen LogP) is 2.32. The summed E-state index contributed by atoms with van der Waals surface area (Å²) in [6.45, 7) is 3.72. The van der Waals surface area contributed by atoms with E-state index < -0.39 is 11.5 Å². The number of benzene rings is 1. The third-order valence-corrected chi connectivity index (χ3v) is 3.16. The van der Waals surface area contributed by atoms with Crippen molar-refractivity contribution in [1.29, 1.82) is 0 Å². The minimum absolute atomic E-state index is 0.531. The van der Waals surface area contributed by atoms with E-state index in [1.54, 1.807) is 20.0 Å². The molecule has 0 aliphatic carbocycles. The van der Waals surface area contributed by atoms with Crippen LogP contribution in [-0.2, 0) is 16.8 Å². The summed E-state index contributed by atoms with van der Waals surface area (Å²) in [5, 5.41) is 13.2. The third-order valence-electron chi connectivity index (χ3n) is 3.16. The Bertz CT molecular complexity index is 576. The fourth-order valence-electron chi connectivity index (χ4n) is 1.72. The van der Waals surface area contributed by atoms with Gasteiger partial charge in [0.2, 0.25) is 0 Å². The molecule has 0 saturated carbocycles. The van der Waals surface area contributed by atoms with Crippen molar-refractivity contribution in [3.8, 4) is 5.75 Å². The molecule has 0 saturated heterocycles. The number of hydrogen-bond acceptors (Lipinski definition) is 3. The Hall–Kier alpha value is -2.30. The van der Waals surface area contributed by atoms with Gasteiger partial charge in [-0.15, -0.1) is 0 Å². The van der Waals surface area contributed by atoms with Crippen molar-refractivity contribution in [3.05, 3.63) is 48.3 Å². The van der Waals surface area contributed by atoms with E-state index in [1.807, 2.05) is 30.3 Å². The molecule has 0 unspecified atom stereocenters. The lowest BCUT2D eigenvalue weighted by Crippen LogP contribution is -2.35. The zero-order valence-electron chi connectivity index (χ0n) is 11.6. The highest BCUT2D eigenvalue weighted by atomic mass is 16.5. The highest BCUT2D eigenvalue weighted by Gasteiger charge is 2.30. The first-order chi connectivity index (χ1) is 9.50. The van der Waals surface area contributed by atoms with Gasteiger partial charge in [0, 0.05) is 6.42 Å². The second-order valence-corrected chi connectivity index (χ2v) is 5.07. The maximum atomic E-state index is 11.1. The van der Waals surface area contributed by atoms with E-state index in [-0.39, 0.29) is 0 Å². The van der Waals surface area contributed by atoms with E-state index in [2.05, 4.69) is 5.10 Å². The van der Waals surface area contributed by atoms with Gasteiger partial charge in [-0.05, 0) is 19.4 Å². The maximum absolute atomic E-state index is 11.1. The fourth-order valence-corrected chi connectivity index (χ4v) is 1.72. The number of hydrogen-bond donors (Lipinski definition) is 1. The van der Waals surface area contributed by atoms with Gasteiger partial charge in [0.15, 0.2) is 11.3 Å². The minimum Gasteiger partial charge on any atom is -0.490 e. The molecule has 0 amide bonds. The Balaban J connectivity index is 1.92. The topological polar surface area (TPSA) is 64.3 Å². The summed E-state index contributed by atoms with van der Waals surface area (Å²) in [5.41, 5.74) is 0.117. The van der Waals surface area contributed by atoms with E-state index in [9.17, 15) is 4.79 Å². The summed E-state index contributed by atoms with van der Waals surface area (Å²) in [6, 6.07) is 10.0. The van der Waals surface area contributed by atoms with Crippen molar-refractivity contribution in [3.63, 3.8) is 0 Å². The van der Waals surface area contributed by atoms with Crippen LogP contribution >= 0.6 is 0 Å². The standard InChI is InChI=1S/C15H18N2O3/c1-15(2,14(18)19)17-11-13(10-16-17)20-9-8-12-6-4-3-5-7-12/h3-7,10-11H,8-9H2,1-2H3,(H,18,19). The second-order valence-electron chi connectivity index (χ2n) is 5.07. The second kappa shape index (κ2) is 5.77. The lowest BCUT2D eigenvalue weighted by molar-refractivity contribution is -0.146. The Morgan fingerprint density at radius 1 is 1.35 bits per heavy atom. The molecule has 0 bridgehead atoms. The number of rotatable bonds is 6. The number of carboxylic acids is 1. The molecule has 0 spiro atoms. The molecule has 0 fully saturated rings. The van der Waals surface area contributed by atoms with E-state index in [1.165, 1.54) is 16.4 Å². The normalized spacial score (nSPS) is 11.3. The van der Waals surface area contributed by atoms with E-state index in [0.29, 0.717) is 12.4 Å². The van der Waals surface area contributed by atoms with Crippen molar-refractivity contribution in [2.24, 2.45) is 0 Å². The van der Waals surface area contributed by atoms with Crippen molar-refractivity contribution >= 4 is 5.97 Å². The molecule has 0 aliphatic rings. The monoisotopic (exact) mass is 274 g/mol. The zero-order chi connectivity index (χ0) is 14.6. The summed E-state index contributed by atoms with van der Waals surface area (Å²) in [6.07, 6.45) is 3.95. The molecule has 20 heavy (non-hydrogen) atoms. The number of ether oxygens (including phenoxy) is 1. The lowest BCUT2D eigenvalue weighted by Gasteiger charge is -2.19. The average Bonchev–Trinajstić information content (AvgIpc) is 2.89. The molecule has 5 nitrogen and oxygen atoms in total. The molecule has 1 heterocycles. The van der Waals surface area contributed by atoms with Gasteiger partial charge in [0.05, 0.1) is 19.0 Å². The number of aromatic nitrogens is 2. The molecule has 1 N–H and O–H groups in total. The van der Waals surface area contributed by atoms with E-state index in [0.717, 1.165) is 6.42 Å². The van der Waals surface area contributed by atoms with Crippen LogP contribution in [0.3, 0.4) is 0 Å². The van der Waals surface area contributed by atoms with Crippen LogP contribution in [-0.4, -0.2) is 27.5 Å². The van der Waals surface area contributed by atoms with Crippen LogP contribution in [0.1, 0.15) is 19.4 Å². The molecule has 2 aromatic rings. The van der Waals surface area contributed by atoms with Crippen LogP contribution < -0.4 is 4.74 Å². The van der Waals surface area contributed by atoms with Crippen molar-refractivity contribution in [1.82, 2.24) is 9.78 Å². The maximum Gasteiger partial charge on any atom is 0.331 e. The van der Waals surface area contributed by atoms with Crippen LogP contribution in [0.15, 0.2) is 42.7 Å². The smallest absolute Gasteiger partial charge is 0.331 e. The van der Waals surface area contributed by atoms with Crippen LogP contribution in [0.5, 0.6) is 5.75 Å². The van der Waals surface area contributed by atoms with Gasteiger partial charge >= 0.3 is 5.97 Å². The first-order valence-corrected chi connectivity index (χ1v) is 6.45. The largest absolute Gasteiger partial charge is 0.490 e. The van der Waals surface area contributed by atoms with Crippen molar-refractivity contribution < 1.29 is 14.6 Å². The lowest BCUT2D eigenvalue weighted by atomic mass is 10.1. The first kappa shape index (κ1) is 14.1. The van der Waals surface area contributed by atoms with Gasteiger partial charge in [-0.25, -0.2) is 4.79 Å². The minimum atomic E-state index is -1.08. The highest BCUT2D eigenvalue weighted by molar-refractivity contribution is 5.75. The molecular weight excluding hydrogens is 256 g/mol. The number of carboxylic acid groups (broad SMARTS) is 1. The summed E-state index contributed by atoms with van der Waals surface area (Å²) in [7, 11) is 0. The fraction of sp³-hybridized carbons (Fsp3) is 0.333. The van der Waals surface area contributed by atoms with Gasteiger partial charge in [-0.1, -0.05) is 30.3 Å². The van der Waals surface area contributed by atoms with Crippen LogP contribution in [0.4, 0.5) is 0 Å². The first-order valence-electron chi connectivity index (χ1n) is 6.45. The van der Waals surface area contributed by atoms with Crippen LogP contribution in [0, 0.1) is 0 Å². The predicted molar refractivity (Wildman–Crippen MR) is 74.8 cm³/mol. The van der Waals surface area contributed by atoms with Gasteiger partial charge in [0.1, 0.15) is 0 Å². The van der Waals surface area contributed by atoms with Gasteiger partial charge in [0.25, 0.3) is 0 Å². The quantitative estimate of drug-likeness (QED) is 0.878. The number of nitrogens with zero attached hydrogens (tertiary/aromatic N) is 2. The molecular formula is C15H18N2O3. The highest BCUT2D eigenvalue weighted by Crippen LogP contribution is 2.18. The van der Waals surface area contributed by atoms with Crippen molar-refractivity contribution in [2.75, 3.05) is 6.61 Å². The van der Waals surface area contributed by atoms with Crippen LogP contribution in [0.25, 0.3) is 0 Å². The molecule has 0 atom stereocenters. The molecule has 106 valence electrons. The Kier molecular flexibility index (Phi) is 4.08. The Morgan fingerprint density at radius 3 is 2.70 bits per heavy atom. The van der Waals surface area contributed by atoms with Gasteiger partial charge in [-0.2, -0.15) is 5.10 Å². The summed E-state index contributed by atoms with van der Waals surface area (Å²) in [4.78, 5) is 11.1. The van der Waals surface area contributed by atoms with E-state index in [4.69, 9.17) is 9.84 Å². The Labute approximate surface area is 117 Å². The summed E-state index contributed by atoms with van der Waals surface area (Å²) in [5.74, 6) is -0.355. The molecule has 0 radical (unpaired) electrons. The molecule has 5 heteroatoms. The molecule has 1 aromatic carbocycles. The number of carbonyl (C=O) groups is 1. The summed E-state index contributed by atoms with van der Waals surface area (Å²) < 4.78 is 6.99. The Morgan fingerprint density at radius 2 is 2.05 bits per heavy atom. The molecule has 1 aromatic heterocycles.